The average molecular weight is 251 g/mol. The molecule has 0 spiro atoms. The van der Waals surface area contributed by atoms with Crippen LogP contribution in [0.1, 0.15) is 24.2 Å². The van der Waals surface area contributed by atoms with Crippen molar-refractivity contribution in [3.8, 4) is 0 Å². The van der Waals surface area contributed by atoms with E-state index in [1.165, 1.54) is 0 Å². The lowest BCUT2D eigenvalue weighted by Gasteiger charge is -2.12. The summed E-state index contributed by atoms with van der Waals surface area (Å²) in [6, 6.07) is 5.16. The molecule has 100 valence electrons. The molecule has 0 aliphatic rings. The summed E-state index contributed by atoms with van der Waals surface area (Å²) >= 11 is 0. The van der Waals surface area contributed by atoms with Crippen LogP contribution in [0.15, 0.2) is 18.2 Å². The van der Waals surface area contributed by atoms with E-state index in [1.807, 2.05) is 13.8 Å². The van der Waals surface area contributed by atoms with Gasteiger partial charge in [-0.3, -0.25) is 4.79 Å². The number of carbonyl (C=O) groups is 1. The van der Waals surface area contributed by atoms with Crippen molar-refractivity contribution in [2.45, 2.75) is 20.0 Å². The Balaban J connectivity index is 2.61. The van der Waals surface area contributed by atoms with Gasteiger partial charge in [0.2, 0.25) is 0 Å². The Hall–Kier alpha value is -1.75. The molecule has 5 nitrogen and oxygen atoms in total. The zero-order chi connectivity index (χ0) is 13.5. The van der Waals surface area contributed by atoms with Gasteiger partial charge < -0.3 is 21.1 Å². The summed E-state index contributed by atoms with van der Waals surface area (Å²) < 4.78 is 5.42. The molecule has 0 saturated heterocycles. The van der Waals surface area contributed by atoms with Crippen LogP contribution in [0.5, 0.6) is 0 Å². The average Bonchev–Trinajstić information content (AvgIpc) is 2.35. The fourth-order valence-electron chi connectivity index (χ4n) is 1.48. The third-order valence-electron chi connectivity index (χ3n) is 2.41. The van der Waals surface area contributed by atoms with Gasteiger partial charge in [-0.2, -0.15) is 0 Å². The van der Waals surface area contributed by atoms with Crippen molar-refractivity contribution in [1.29, 1.82) is 0 Å². The predicted molar refractivity (Wildman–Crippen MR) is 73.8 cm³/mol. The van der Waals surface area contributed by atoms with Crippen LogP contribution in [0, 0.1) is 0 Å². The summed E-state index contributed by atoms with van der Waals surface area (Å²) in [5, 5.41) is 5.74. The molecule has 0 aliphatic heterocycles. The Kier molecular flexibility index (Phi) is 5.45. The molecular weight excluding hydrogens is 230 g/mol. The number of rotatable bonds is 6. The monoisotopic (exact) mass is 251 g/mol. The predicted octanol–water partition coefficient (Wildman–Crippen LogP) is 1.47. The maximum absolute atomic E-state index is 11.5. The van der Waals surface area contributed by atoms with Crippen molar-refractivity contribution < 1.29 is 9.53 Å². The Morgan fingerprint density at radius 3 is 2.78 bits per heavy atom. The lowest BCUT2D eigenvalue weighted by molar-refractivity contribution is 0.0870. The van der Waals surface area contributed by atoms with Gasteiger partial charge in [-0.05, 0) is 32.0 Å². The molecule has 0 unspecified atom stereocenters. The molecule has 5 heteroatoms. The van der Waals surface area contributed by atoms with Crippen molar-refractivity contribution in [2.24, 2.45) is 0 Å². The number of benzene rings is 1. The zero-order valence-corrected chi connectivity index (χ0v) is 11.1. The molecule has 0 radical (unpaired) electrons. The largest absolute Gasteiger partial charge is 0.397 e. The van der Waals surface area contributed by atoms with E-state index >= 15 is 0 Å². The van der Waals surface area contributed by atoms with E-state index in [2.05, 4.69) is 10.6 Å². The molecule has 0 heterocycles. The third-order valence-corrected chi connectivity index (χ3v) is 2.41. The number of hydrogen-bond acceptors (Lipinski definition) is 4. The topological polar surface area (TPSA) is 76.4 Å². The van der Waals surface area contributed by atoms with Crippen LogP contribution < -0.4 is 16.4 Å². The SMILES string of the molecule is CNC(=O)c1ccc(N)c(NCCOC(C)C)c1. The van der Waals surface area contributed by atoms with E-state index in [1.54, 1.807) is 25.2 Å². The second-order valence-electron chi connectivity index (χ2n) is 4.23. The van der Waals surface area contributed by atoms with Gasteiger partial charge >= 0.3 is 0 Å². The molecular formula is C13H21N3O2. The van der Waals surface area contributed by atoms with Crippen molar-refractivity contribution in [3.05, 3.63) is 23.8 Å². The van der Waals surface area contributed by atoms with E-state index in [4.69, 9.17) is 10.5 Å². The number of amides is 1. The van der Waals surface area contributed by atoms with Gasteiger partial charge in [-0.1, -0.05) is 0 Å². The maximum atomic E-state index is 11.5. The van der Waals surface area contributed by atoms with Crippen LogP contribution >= 0.6 is 0 Å². The second kappa shape index (κ2) is 6.86. The molecule has 0 saturated carbocycles. The molecule has 1 aromatic carbocycles. The molecule has 1 amide bonds. The van der Waals surface area contributed by atoms with Gasteiger partial charge in [0.25, 0.3) is 5.91 Å². The number of hydrogen-bond donors (Lipinski definition) is 3. The van der Waals surface area contributed by atoms with Crippen LogP contribution in [0.25, 0.3) is 0 Å². The normalized spacial score (nSPS) is 10.4. The number of nitrogens with one attached hydrogen (secondary N) is 2. The first-order valence-corrected chi connectivity index (χ1v) is 6.01. The Morgan fingerprint density at radius 2 is 2.17 bits per heavy atom. The Bertz CT molecular complexity index is 405. The highest BCUT2D eigenvalue weighted by Gasteiger charge is 2.06. The number of nitrogens with two attached hydrogens (primary N) is 1. The van der Waals surface area contributed by atoms with Gasteiger partial charge in [0, 0.05) is 19.2 Å². The minimum Gasteiger partial charge on any atom is -0.397 e. The first-order valence-electron chi connectivity index (χ1n) is 6.01. The molecule has 18 heavy (non-hydrogen) atoms. The Morgan fingerprint density at radius 1 is 1.44 bits per heavy atom. The minimum atomic E-state index is -0.128. The minimum absolute atomic E-state index is 0.128. The van der Waals surface area contributed by atoms with Gasteiger partial charge in [0.1, 0.15) is 0 Å². The highest BCUT2D eigenvalue weighted by molar-refractivity contribution is 5.96. The lowest BCUT2D eigenvalue weighted by atomic mass is 10.1. The van der Waals surface area contributed by atoms with Crippen molar-refractivity contribution >= 4 is 17.3 Å². The molecule has 1 rings (SSSR count). The van der Waals surface area contributed by atoms with E-state index in [-0.39, 0.29) is 12.0 Å². The van der Waals surface area contributed by atoms with E-state index in [0.717, 1.165) is 5.69 Å². The van der Waals surface area contributed by atoms with Crippen molar-refractivity contribution in [3.63, 3.8) is 0 Å². The molecule has 1 aromatic rings. The third kappa shape index (κ3) is 4.25. The van der Waals surface area contributed by atoms with Gasteiger partial charge in [-0.15, -0.1) is 0 Å². The fraction of sp³-hybridized carbons (Fsp3) is 0.462. The highest BCUT2D eigenvalue weighted by atomic mass is 16.5. The van der Waals surface area contributed by atoms with Crippen LogP contribution in [0.2, 0.25) is 0 Å². The van der Waals surface area contributed by atoms with Crippen molar-refractivity contribution in [2.75, 3.05) is 31.2 Å². The van der Waals surface area contributed by atoms with E-state index in [9.17, 15) is 4.79 Å². The first kappa shape index (κ1) is 14.3. The number of nitrogen functional groups attached to an aromatic ring is 1. The van der Waals surface area contributed by atoms with E-state index < -0.39 is 0 Å². The summed E-state index contributed by atoms with van der Waals surface area (Å²) in [7, 11) is 1.60. The van der Waals surface area contributed by atoms with E-state index in [0.29, 0.717) is 24.4 Å². The summed E-state index contributed by atoms with van der Waals surface area (Å²) in [5.41, 5.74) is 7.79. The smallest absolute Gasteiger partial charge is 0.251 e. The van der Waals surface area contributed by atoms with Gasteiger partial charge in [0.15, 0.2) is 0 Å². The fourth-order valence-corrected chi connectivity index (χ4v) is 1.48. The number of ether oxygens (including phenoxy) is 1. The maximum Gasteiger partial charge on any atom is 0.251 e. The van der Waals surface area contributed by atoms with Gasteiger partial charge in [-0.25, -0.2) is 0 Å². The second-order valence-corrected chi connectivity index (χ2v) is 4.23. The molecule has 4 N–H and O–H groups in total. The Labute approximate surface area is 108 Å². The van der Waals surface area contributed by atoms with Gasteiger partial charge in [0.05, 0.1) is 24.1 Å². The van der Waals surface area contributed by atoms with Crippen molar-refractivity contribution in [1.82, 2.24) is 5.32 Å². The number of anilines is 2. The number of carbonyl (C=O) groups excluding carboxylic acids is 1. The van der Waals surface area contributed by atoms with Crippen LogP contribution in [0.4, 0.5) is 11.4 Å². The summed E-state index contributed by atoms with van der Waals surface area (Å²) in [6.45, 7) is 5.22. The molecule has 0 fully saturated rings. The first-order chi connectivity index (χ1) is 8.54. The highest BCUT2D eigenvalue weighted by Crippen LogP contribution is 2.19. The molecule has 0 atom stereocenters. The lowest BCUT2D eigenvalue weighted by Crippen LogP contribution is -2.18. The van der Waals surface area contributed by atoms with Crippen LogP contribution in [-0.2, 0) is 4.74 Å². The summed E-state index contributed by atoms with van der Waals surface area (Å²) in [4.78, 5) is 11.5. The standard InChI is InChI=1S/C13H21N3O2/c1-9(2)18-7-6-16-12-8-10(13(17)15-3)4-5-11(12)14/h4-5,8-9,16H,6-7,14H2,1-3H3,(H,15,17). The zero-order valence-electron chi connectivity index (χ0n) is 11.1. The molecule has 0 aromatic heterocycles. The quantitative estimate of drug-likeness (QED) is 0.528. The van der Waals surface area contributed by atoms with Crippen LogP contribution in [0.3, 0.4) is 0 Å². The summed E-state index contributed by atoms with van der Waals surface area (Å²) in [6.07, 6.45) is 0.210. The molecule has 0 aliphatic carbocycles. The van der Waals surface area contributed by atoms with Crippen LogP contribution in [-0.4, -0.2) is 32.2 Å². The molecule has 0 bridgehead atoms. The summed E-state index contributed by atoms with van der Waals surface area (Å²) in [5.74, 6) is -0.128.